The number of halogens is 2. The fourth-order valence-corrected chi connectivity index (χ4v) is 5.46. The number of aliphatic hydroxyl groups excluding tert-OH is 1. The fourth-order valence-electron chi connectivity index (χ4n) is 4.83. The number of H-pyrrole nitrogens is 1. The number of hydrogen-bond acceptors (Lipinski definition) is 9. The minimum atomic E-state index is -3.83. The summed E-state index contributed by atoms with van der Waals surface area (Å²) in [4.78, 5) is 14.8. The topological polar surface area (TPSA) is 142 Å². The molecule has 204 valence electrons. The van der Waals surface area contributed by atoms with Crippen LogP contribution in [0.3, 0.4) is 0 Å². The smallest absolute Gasteiger partial charge is 0.232 e. The third-order valence-electron chi connectivity index (χ3n) is 6.85. The molecule has 14 heteroatoms. The molecule has 3 N–H and O–H groups in total. The van der Waals surface area contributed by atoms with Crippen LogP contribution in [0.25, 0.3) is 11.4 Å². The average molecular weight is 557 g/mol. The largest absolute Gasteiger partial charge is 0.391 e. The second kappa shape index (κ2) is 9.09. The SMILES string of the molecule is Cc1cc(Nc2nc(N(C)c3c(F)cc(S(C)(=O)=O)cc3F)nc(-c3cn4c(n3)CC(O)C4)c2C2CC2)n[nH]1. The molecule has 1 aromatic carbocycles. The average Bonchev–Trinajstić information content (AvgIpc) is 3.35. The first-order valence-electron chi connectivity index (χ1n) is 12.4. The van der Waals surface area contributed by atoms with Gasteiger partial charge in [0.05, 0.1) is 17.5 Å². The number of nitrogens with zero attached hydrogens (tertiary/aromatic N) is 6. The lowest BCUT2D eigenvalue weighted by atomic mass is 10.1. The molecule has 0 amide bonds. The molecule has 1 atom stereocenters. The zero-order valence-electron chi connectivity index (χ0n) is 21.4. The van der Waals surface area contributed by atoms with E-state index >= 15 is 8.78 Å². The number of fused-ring (bicyclic) bond motifs is 1. The van der Waals surface area contributed by atoms with Crippen molar-refractivity contribution in [2.24, 2.45) is 0 Å². The van der Waals surface area contributed by atoms with E-state index in [1.165, 1.54) is 7.05 Å². The van der Waals surface area contributed by atoms with Crippen LogP contribution in [0.1, 0.15) is 35.8 Å². The molecule has 6 rings (SSSR count). The maximum absolute atomic E-state index is 15.1. The molecule has 39 heavy (non-hydrogen) atoms. The van der Waals surface area contributed by atoms with Gasteiger partial charge in [-0.05, 0) is 37.8 Å². The Morgan fingerprint density at radius 3 is 2.46 bits per heavy atom. The second-order valence-electron chi connectivity index (χ2n) is 10.1. The summed E-state index contributed by atoms with van der Waals surface area (Å²) in [5.74, 6) is -0.341. The summed E-state index contributed by atoms with van der Waals surface area (Å²) < 4.78 is 55.9. The number of aliphatic hydroxyl groups is 1. The van der Waals surface area contributed by atoms with E-state index in [0.29, 0.717) is 36.0 Å². The molecule has 0 radical (unpaired) electrons. The molecule has 0 spiro atoms. The van der Waals surface area contributed by atoms with Gasteiger partial charge in [0.1, 0.15) is 28.7 Å². The number of imidazole rings is 1. The van der Waals surface area contributed by atoms with Gasteiger partial charge in [-0.2, -0.15) is 10.1 Å². The summed E-state index contributed by atoms with van der Waals surface area (Å²) in [5, 5.41) is 20.3. The molecule has 4 aromatic rings. The number of aromatic amines is 1. The van der Waals surface area contributed by atoms with Crippen LogP contribution in [0.4, 0.5) is 32.1 Å². The number of benzene rings is 1. The van der Waals surface area contributed by atoms with Crippen LogP contribution in [0.2, 0.25) is 0 Å². The molecule has 3 aromatic heterocycles. The van der Waals surface area contributed by atoms with Gasteiger partial charge in [0.15, 0.2) is 27.3 Å². The van der Waals surface area contributed by atoms with Gasteiger partial charge in [-0.3, -0.25) is 5.10 Å². The number of nitrogens with one attached hydrogen (secondary N) is 2. The zero-order valence-corrected chi connectivity index (χ0v) is 22.2. The molecule has 1 unspecified atom stereocenters. The highest BCUT2D eigenvalue weighted by Crippen LogP contribution is 2.48. The van der Waals surface area contributed by atoms with Gasteiger partial charge in [-0.1, -0.05) is 0 Å². The Hall–Kier alpha value is -3.91. The molecule has 1 saturated carbocycles. The van der Waals surface area contributed by atoms with Crippen molar-refractivity contribution in [3.05, 3.63) is 53.1 Å². The number of hydrogen-bond donors (Lipinski definition) is 3. The summed E-state index contributed by atoms with van der Waals surface area (Å²) in [7, 11) is -2.42. The highest BCUT2D eigenvalue weighted by Gasteiger charge is 2.34. The van der Waals surface area contributed by atoms with Gasteiger partial charge in [0, 0.05) is 43.2 Å². The van der Waals surface area contributed by atoms with E-state index in [0.717, 1.165) is 53.2 Å². The van der Waals surface area contributed by atoms with E-state index in [-0.39, 0.29) is 11.9 Å². The molecular weight excluding hydrogens is 530 g/mol. The molecule has 1 aliphatic carbocycles. The first-order chi connectivity index (χ1) is 18.5. The van der Waals surface area contributed by atoms with E-state index in [4.69, 9.17) is 9.97 Å². The molecule has 1 fully saturated rings. The van der Waals surface area contributed by atoms with E-state index in [2.05, 4.69) is 20.5 Å². The molecular formula is C25H26F2N8O3S. The predicted octanol–water partition coefficient (Wildman–Crippen LogP) is 3.36. The maximum Gasteiger partial charge on any atom is 0.232 e. The Kier molecular flexibility index (Phi) is 5.91. The van der Waals surface area contributed by atoms with Gasteiger partial charge < -0.3 is 19.9 Å². The van der Waals surface area contributed by atoms with Crippen molar-refractivity contribution in [2.45, 2.75) is 49.6 Å². The van der Waals surface area contributed by atoms with E-state index in [9.17, 15) is 13.5 Å². The van der Waals surface area contributed by atoms with E-state index in [1.807, 2.05) is 17.7 Å². The van der Waals surface area contributed by atoms with Gasteiger partial charge in [-0.25, -0.2) is 27.2 Å². The monoisotopic (exact) mass is 556 g/mol. The molecule has 2 aliphatic rings. The third kappa shape index (κ3) is 4.74. The molecule has 0 saturated heterocycles. The van der Waals surface area contributed by atoms with Crippen LogP contribution >= 0.6 is 0 Å². The van der Waals surface area contributed by atoms with E-state index in [1.54, 1.807) is 6.07 Å². The number of sulfone groups is 1. The van der Waals surface area contributed by atoms with Crippen molar-refractivity contribution < 1.29 is 22.3 Å². The lowest BCUT2D eigenvalue weighted by Crippen LogP contribution is -2.19. The molecule has 0 bridgehead atoms. The van der Waals surface area contributed by atoms with Gasteiger partial charge in [0.2, 0.25) is 5.95 Å². The van der Waals surface area contributed by atoms with Gasteiger partial charge in [0.25, 0.3) is 0 Å². The molecule has 1 aliphatic heterocycles. The highest BCUT2D eigenvalue weighted by atomic mass is 32.2. The summed E-state index contributed by atoms with van der Waals surface area (Å²) in [5.41, 5.74) is 2.22. The van der Waals surface area contributed by atoms with Crippen molar-refractivity contribution in [1.82, 2.24) is 29.7 Å². The first-order valence-corrected chi connectivity index (χ1v) is 14.3. The summed E-state index contributed by atoms with van der Waals surface area (Å²) >= 11 is 0. The Bertz CT molecular complexity index is 1670. The minimum absolute atomic E-state index is 0.0257. The van der Waals surface area contributed by atoms with Gasteiger partial charge >= 0.3 is 0 Å². The van der Waals surface area contributed by atoms with E-state index < -0.39 is 38.2 Å². The second-order valence-corrected chi connectivity index (χ2v) is 12.1. The Balaban J connectivity index is 1.51. The zero-order chi connectivity index (χ0) is 27.6. The predicted molar refractivity (Wildman–Crippen MR) is 139 cm³/mol. The Labute approximate surface area is 222 Å². The lowest BCUT2D eigenvalue weighted by Gasteiger charge is -2.22. The third-order valence-corrected chi connectivity index (χ3v) is 7.95. The normalized spacial score (nSPS) is 16.9. The van der Waals surface area contributed by atoms with Crippen LogP contribution in [-0.2, 0) is 22.8 Å². The standard InChI is InChI=1S/C25H26F2N8O3S/c1-12-6-19(33-32-12)29-24-21(13-4-5-13)22(18-11-35-10-14(36)7-20(35)28-18)30-25(31-24)34(2)23-16(26)8-15(9-17(23)27)39(3,37)38/h6,8-9,11,13-14,36H,4-5,7,10H2,1-3H3,(H2,29,30,31,32,33). The summed E-state index contributed by atoms with van der Waals surface area (Å²) in [6.45, 7) is 2.27. The van der Waals surface area contributed by atoms with Crippen molar-refractivity contribution in [1.29, 1.82) is 0 Å². The number of aryl methyl sites for hydroxylation is 1. The van der Waals surface area contributed by atoms with Crippen LogP contribution in [0.15, 0.2) is 29.3 Å². The molecule has 11 nitrogen and oxygen atoms in total. The number of aromatic nitrogens is 6. The number of anilines is 4. The van der Waals surface area contributed by atoms with Crippen LogP contribution < -0.4 is 10.2 Å². The maximum atomic E-state index is 15.1. The van der Waals surface area contributed by atoms with Crippen LogP contribution in [0, 0.1) is 18.6 Å². The minimum Gasteiger partial charge on any atom is -0.391 e. The lowest BCUT2D eigenvalue weighted by molar-refractivity contribution is 0.175. The first kappa shape index (κ1) is 25.4. The van der Waals surface area contributed by atoms with Crippen LogP contribution in [0.5, 0.6) is 0 Å². The van der Waals surface area contributed by atoms with Crippen molar-refractivity contribution in [3.63, 3.8) is 0 Å². The Morgan fingerprint density at radius 1 is 1.15 bits per heavy atom. The van der Waals surface area contributed by atoms with Crippen molar-refractivity contribution >= 4 is 33.1 Å². The van der Waals surface area contributed by atoms with Crippen molar-refractivity contribution in [3.8, 4) is 11.4 Å². The fraction of sp³-hybridized carbons (Fsp3) is 0.360. The van der Waals surface area contributed by atoms with Crippen molar-refractivity contribution in [2.75, 3.05) is 23.5 Å². The highest BCUT2D eigenvalue weighted by molar-refractivity contribution is 7.90. The van der Waals surface area contributed by atoms with Gasteiger partial charge in [-0.15, -0.1) is 0 Å². The summed E-state index contributed by atoms with van der Waals surface area (Å²) in [6.07, 6.45) is 4.44. The molecule has 4 heterocycles. The number of rotatable bonds is 7. The Morgan fingerprint density at radius 2 is 1.87 bits per heavy atom. The van der Waals surface area contributed by atoms with Crippen LogP contribution in [-0.4, -0.2) is 62.6 Å². The quantitative estimate of drug-likeness (QED) is 0.312. The summed E-state index contributed by atoms with van der Waals surface area (Å²) in [6, 6.07) is 3.36.